The fraction of sp³-hybridized carbons (Fsp3) is 0.462. The van der Waals surface area contributed by atoms with Crippen LogP contribution < -0.4 is 10.1 Å². The molecule has 4 heteroatoms. The van der Waals surface area contributed by atoms with Crippen molar-refractivity contribution >= 4 is 17.7 Å². The molecule has 17 heavy (non-hydrogen) atoms. The van der Waals surface area contributed by atoms with Gasteiger partial charge in [0.05, 0.1) is 12.4 Å². The zero-order chi connectivity index (χ0) is 12.8. The molecule has 0 fully saturated rings. The van der Waals surface area contributed by atoms with Gasteiger partial charge in [-0.2, -0.15) is 0 Å². The lowest BCUT2D eigenvalue weighted by atomic mass is 10.3. The van der Waals surface area contributed by atoms with Crippen LogP contribution >= 0.6 is 11.8 Å². The van der Waals surface area contributed by atoms with Gasteiger partial charge >= 0.3 is 0 Å². The van der Waals surface area contributed by atoms with Crippen molar-refractivity contribution in [3.63, 3.8) is 0 Å². The number of thioether (sulfide) groups is 1. The molecule has 0 heterocycles. The van der Waals surface area contributed by atoms with E-state index in [1.807, 2.05) is 45.0 Å². The molecule has 3 nitrogen and oxygen atoms in total. The first-order valence-corrected chi connectivity index (χ1v) is 6.52. The predicted molar refractivity (Wildman–Crippen MR) is 71.6 cm³/mol. The van der Waals surface area contributed by atoms with Gasteiger partial charge in [0.25, 0.3) is 0 Å². The van der Waals surface area contributed by atoms with Crippen LogP contribution in [-0.4, -0.2) is 24.3 Å². The van der Waals surface area contributed by atoms with Crippen LogP contribution in [0.2, 0.25) is 0 Å². The van der Waals surface area contributed by atoms with Crippen molar-refractivity contribution in [1.82, 2.24) is 5.32 Å². The lowest BCUT2D eigenvalue weighted by molar-refractivity contribution is -0.120. The zero-order valence-electron chi connectivity index (χ0n) is 10.7. The Labute approximate surface area is 107 Å². The highest BCUT2D eigenvalue weighted by atomic mass is 32.2. The van der Waals surface area contributed by atoms with Gasteiger partial charge in [-0.3, -0.25) is 4.79 Å². The summed E-state index contributed by atoms with van der Waals surface area (Å²) in [5.74, 6) is 0.874. The van der Waals surface area contributed by atoms with Gasteiger partial charge in [0, 0.05) is 10.9 Å². The standard InChI is InChI=1S/C13H19NO2S/c1-9(2)14-13(15)10(3)17-12-7-5-6-11(8-12)16-4/h5-10H,1-4H3,(H,14,15). The number of amides is 1. The molecule has 0 aliphatic rings. The van der Waals surface area contributed by atoms with Gasteiger partial charge in [0.2, 0.25) is 5.91 Å². The topological polar surface area (TPSA) is 38.3 Å². The lowest BCUT2D eigenvalue weighted by Crippen LogP contribution is -2.35. The molecule has 0 aliphatic heterocycles. The highest BCUT2D eigenvalue weighted by molar-refractivity contribution is 8.00. The largest absolute Gasteiger partial charge is 0.497 e. The summed E-state index contributed by atoms with van der Waals surface area (Å²) in [6.45, 7) is 5.82. The third-order valence-corrected chi connectivity index (χ3v) is 3.25. The predicted octanol–water partition coefficient (Wildman–Crippen LogP) is 2.70. The van der Waals surface area contributed by atoms with E-state index in [4.69, 9.17) is 4.74 Å². The maximum absolute atomic E-state index is 11.7. The molecule has 1 aromatic rings. The van der Waals surface area contributed by atoms with Crippen LogP contribution in [0.5, 0.6) is 5.75 Å². The van der Waals surface area contributed by atoms with Crippen LogP contribution in [0.3, 0.4) is 0 Å². The molecule has 1 amide bonds. The molecule has 0 aromatic heterocycles. The second kappa shape index (κ2) is 6.55. The maximum atomic E-state index is 11.7. The number of hydrogen-bond donors (Lipinski definition) is 1. The van der Waals surface area contributed by atoms with E-state index in [0.29, 0.717) is 0 Å². The van der Waals surface area contributed by atoms with Crippen LogP contribution in [0, 0.1) is 0 Å². The number of methoxy groups -OCH3 is 1. The molecule has 0 bridgehead atoms. The molecule has 1 rings (SSSR count). The summed E-state index contributed by atoms with van der Waals surface area (Å²) in [4.78, 5) is 12.8. The van der Waals surface area contributed by atoms with Crippen molar-refractivity contribution < 1.29 is 9.53 Å². The van der Waals surface area contributed by atoms with Gasteiger partial charge in [0.15, 0.2) is 0 Å². The van der Waals surface area contributed by atoms with Gasteiger partial charge in [0.1, 0.15) is 5.75 Å². The van der Waals surface area contributed by atoms with Crippen molar-refractivity contribution in [2.45, 2.75) is 37.0 Å². The Kier molecular flexibility index (Phi) is 5.35. The van der Waals surface area contributed by atoms with Crippen molar-refractivity contribution in [2.75, 3.05) is 7.11 Å². The van der Waals surface area contributed by atoms with Crippen molar-refractivity contribution in [3.8, 4) is 5.75 Å². The van der Waals surface area contributed by atoms with E-state index in [2.05, 4.69) is 5.32 Å². The Balaban J connectivity index is 2.60. The van der Waals surface area contributed by atoms with Crippen molar-refractivity contribution in [3.05, 3.63) is 24.3 Å². The van der Waals surface area contributed by atoms with Crippen LogP contribution in [0.15, 0.2) is 29.2 Å². The third kappa shape index (κ3) is 4.69. The fourth-order valence-electron chi connectivity index (χ4n) is 1.33. The second-order valence-corrected chi connectivity index (χ2v) is 5.52. The van der Waals surface area contributed by atoms with Crippen LogP contribution in [0.4, 0.5) is 0 Å². The molecular formula is C13H19NO2S. The number of benzene rings is 1. The van der Waals surface area contributed by atoms with Gasteiger partial charge in [-0.1, -0.05) is 6.07 Å². The minimum absolute atomic E-state index is 0.0628. The monoisotopic (exact) mass is 253 g/mol. The van der Waals surface area contributed by atoms with E-state index in [1.54, 1.807) is 7.11 Å². The first kappa shape index (κ1) is 13.9. The van der Waals surface area contributed by atoms with Gasteiger partial charge in [-0.05, 0) is 39.0 Å². The lowest BCUT2D eigenvalue weighted by Gasteiger charge is -2.14. The summed E-state index contributed by atoms with van der Waals surface area (Å²) in [7, 11) is 1.64. The van der Waals surface area contributed by atoms with Gasteiger partial charge < -0.3 is 10.1 Å². The average Bonchev–Trinajstić information content (AvgIpc) is 2.28. The van der Waals surface area contributed by atoms with Gasteiger partial charge in [-0.15, -0.1) is 11.8 Å². The molecule has 1 N–H and O–H groups in total. The number of ether oxygens (including phenoxy) is 1. The van der Waals surface area contributed by atoms with E-state index >= 15 is 0 Å². The third-order valence-electron chi connectivity index (χ3n) is 2.15. The number of rotatable bonds is 5. The fourth-order valence-corrected chi connectivity index (χ4v) is 2.26. The minimum atomic E-state index is -0.107. The van der Waals surface area contributed by atoms with Crippen LogP contribution in [0.1, 0.15) is 20.8 Å². The second-order valence-electron chi connectivity index (χ2n) is 4.10. The number of nitrogens with one attached hydrogen (secondary N) is 1. The summed E-state index contributed by atoms with van der Waals surface area (Å²) < 4.78 is 5.15. The van der Waals surface area contributed by atoms with Crippen molar-refractivity contribution in [2.24, 2.45) is 0 Å². The molecule has 0 aliphatic carbocycles. The molecular weight excluding hydrogens is 234 g/mol. The normalized spacial score (nSPS) is 12.3. The summed E-state index contributed by atoms with van der Waals surface area (Å²) in [6, 6.07) is 7.91. The molecule has 0 spiro atoms. The Morgan fingerprint density at radius 3 is 2.65 bits per heavy atom. The summed E-state index contributed by atoms with van der Waals surface area (Å²) in [5.41, 5.74) is 0. The summed E-state index contributed by atoms with van der Waals surface area (Å²) >= 11 is 1.53. The molecule has 0 radical (unpaired) electrons. The number of hydrogen-bond acceptors (Lipinski definition) is 3. The quantitative estimate of drug-likeness (QED) is 0.820. The highest BCUT2D eigenvalue weighted by Gasteiger charge is 2.15. The van der Waals surface area contributed by atoms with E-state index in [-0.39, 0.29) is 17.2 Å². The summed E-state index contributed by atoms with van der Waals surface area (Å²) in [5, 5.41) is 2.79. The Morgan fingerprint density at radius 1 is 1.35 bits per heavy atom. The van der Waals surface area contributed by atoms with Crippen LogP contribution in [0.25, 0.3) is 0 Å². The van der Waals surface area contributed by atoms with E-state index < -0.39 is 0 Å². The zero-order valence-corrected chi connectivity index (χ0v) is 11.5. The Hall–Kier alpha value is -1.16. The maximum Gasteiger partial charge on any atom is 0.233 e. The molecule has 0 saturated carbocycles. The van der Waals surface area contributed by atoms with E-state index in [9.17, 15) is 4.79 Å². The molecule has 94 valence electrons. The van der Waals surface area contributed by atoms with Crippen molar-refractivity contribution in [1.29, 1.82) is 0 Å². The summed E-state index contributed by atoms with van der Waals surface area (Å²) in [6.07, 6.45) is 0. The average molecular weight is 253 g/mol. The van der Waals surface area contributed by atoms with E-state index in [0.717, 1.165) is 10.6 Å². The first-order valence-electron chi connectivity index (χ1n) is 5.64. The first-order chi connectivity index (χ1) is 8.02. The Bertz CT molecular complexity index is 379. The SMILES string of the molecule is COc1cccc(SC(C)C(=O)NC(C)C)c1. The Morgan fingerprint density at radius 2 is 2.06 bits per heavy atom. The number of carbonyl (C=O) groups excluding carboxylic acids is 1. The molecule has 1 atom stereocenters. The number of carbonyl (C=O) groups is 1. The molecule has 1 aromatic carbocycles. The minimum Gasteiger partial charge on any atom is -0.497 e. The van der Waals surface area contributed by atoms with E-state index in [1.165, 1.54) is 11.8 Å². The van der Waals surface area contributed by atoms with Crippen LogP contribution in [-0.2, 0) is 4.79 Å². The molecule has 1 unspecified atom stereocenters. The van der Waals surface area contributed by atoms with Gasteiger partial charge in [-0.25, -0.2) is 0 Å². The highest BCUT2D eigenvalue weighted by Crippen LogP contribution is 2.26. The molecule has 0 saturated heterocycles. The smallest absolute Gasteiger partial charge is 0.233 e.